The molecular formula is C14H15NO3. The third-order valence-corrected chi connectivity index (χ3v) is 3.82. The van der Waals surface area contributed by atoms with Gasteiger partial charge in [-0.05, 0) is 12.8 Å². The fraction of sp³-hybridized carbons (Fsp3) is 0.429. The van der Waals surface area contributed by atoms with Gasteiger partial charge in [0.1, 0.15) is 0 Å². The Hall–Kier alpha value is -1.68. The number of rotatable bonds is 3. The number of amides is 1. The zero-order valence-corrected chi connectivity index (χ0v) is 9.96. The van der Waals surface area contributed by atoms with E-state index < -0.39 is 11.7 Å². The smallest absolute Gasteiger partial charge is 0.292 e. The van der Waals surface area contributed by atoms with E-state index in [1.807, 2.05) is 6.07 Å². The zero-order chi connectivity index (χ0) is 12.5. The second-order valence-electron chi connectivity index (χ2n) is 4.87. The molecule has 94 valence electrons. The maximum absolute atomic E-state index is 11.9. The molecule has 3 atom stereocenters. The molecule has 1 aliphatic heterocycles. The van der Waals surface area contributed by atoms with Gasteiger partial charge in [0.05, 0.1) is 6.10 Å². The number of hydrogen-bond acceptors (Lipinski definition) is 3. The Labute approximate surface area is 105 Å². The fourth-order valence-electron chi connectivity index (χ4n) is 2.72. The Balaban J connectivity index is 1.60. The zero-order valence-electron chi connectivity index (χ0n) is 9.96. The predicted octanol–water partition coefficient (Wildman–Crippen LogP) is 1.16. The van der Waals surface area contributed by atoms with Crippen molar-refractivity contribution in [3.8, 4) is 0 Å². The van der Waals surface area contributed by atoms with E-state index in [2.05, 4.69) is 5.32 Å². The second kappa shape index (κ2) is 4.53. The molecule has 4 nitrogen and oxygen atoms in total. The lowest BCUT2D eigenvalue weighted by Gasteiger charge is -2.39. The van der Waals surface area contributed by atoms with Gasteiger partial charge >= 0.3 is 0 Å². The van der Waals surface area contributed by atoms with Crippen LogP contribution < -0.4 is 5.32 Å². The Kier molecular flexibility index (Phi) is 2.88. The van der Waals surface area contributed by atoms with Gasteiger partial charge in [0.2, 0.25) is 5.78 Å². The second-order valence-corrected chi connectivity index (χ2v) is 4.87. The van der Waals surface area contributed by atoms with Crippen LogP contribution in [0.15, 0.2) is 30.3 Å². The summed E-state index contributed by atoms with van der Waals surface area (Å²) in [5, 5.41) is 2.82. The molecule has 1 N–H and O–H groups in total. The van der Waals surface area contributed by atoms with Crippen molar-refractivity contribution < 1.29 is 14.3 Å². The molecule has 1 amide bonds. The summed E-state index contributed by atoms with van der Waals surface area (Å²) in [5.41, 5.74) is 0.438. The first-order valence-corrected chi connectivity index (χ1v) is 6.27. The van der Waals surface area contributed by atoms with Gasteiger partial charge < -0.3 is 10.1 Å². The molecule has 0 radical (unpaired) electrons. The number of nitrogens with one attached hydrogen (secondary N) is 1. The number of fused-ring (bicyclic) bond motifs is 1. The monoisotopic (exact) mass is 245 g/mol. The predicted molar refractivity (Wildman–Crippen MR) is 65.2 cm³/mol. The van der Waals surface area contributed by atoms with Crippen LogP contribution in [0.1, 0.15) is 23.2 Å². The molecule has 1 saturated carbocycles. The van der Waals surface area contributed by atoms with E-state index in [0.717, 1.165) is 19.4 Å². The summed E-state index contributed by atoms with van der Waals surface area (Å²) in [6, 6.07) is 8.75. The van der Waals surface area contributed by atoms with Crippen molar-refractivity contribution in [2.45, 2.75) is 25.0 Å². The van der Waals surface area contributed by atoms with Crippen LogP contribution in [-0.4, -0.2) is 30.4 Å². The normalized spacial score (nSPS) is 29.2. The third kappa shape index (κ3) is 1.93. The number of ether oxygens (including phenoxy) is 1. The lowest BCUT2D eigenvalue weighted by atomic mass is 9.76. The van der Waals surface area contributed by atoms with E-state index in [9.17, 15) is 9.59 Å². The highest BCUT2D eigenvalue weighted by Crippen LogP contribution is 2.38. The number of benzene rings is 1. The first kappa shape index (κ1) is 11.4. The average molecular weight is 245 g/mol. The molecule has 3 rings (SSSR count). The Morgan fingerprint density at radius 2 is 2.00 bits per heavy atom. The van der Waals surface area contributed by atoms with Crippen LogP contribution in [0, 0.1) is 5.92 Å². The number of hydrogen-bond donors (Lipinski definition) is 1. The maximum atomic E-state index is 11.9. The van der Waals surface area contributed by atoms with Crippen molar-refractivity contribution in [1.82, 2.24) is 5.32 Å². The van der Waals surface area contributed by atoms with E-state index in [-0.39, 0.29) is 6.04 Å². The van der Waals surface area contributed by atoms with Crippen molar-refractivity contribution in [2.75, 3.05) is 6.61 Å². The highest BCUT2D eigenvalue weighted by molar-refractivity contribution is 6.42. The summed E-state index contributed by atoms with van der Waals surface area (Å²) < 4.78 is 5.47. The molecule has 1 aliphatic carbocycles. The molecule has 1 aromatic carbocycles. The van der Waals surface area contributed by atoms with Crippen molar-refractivity contribution in [3.63, 3.8) is 0 Å². The minimum atomic E-state index is -0.503. The highest BCUT2D eigenvalue weighted by Gasteiger charge is 2.46. The van der Waals surface area contributed by atoms with Crippen molar-refractivity contribution >= 4 is 11.7 Å². The lowest BCUT2D eigenvalue weighted by molar-refractivity contribution is -0.119. The largest absolute Gasteiger partial charge is 0.378 e. The maximum Gasteiger partial charge on any atom is 0.292 e. The summed E-state index contributed by atoms with van der Waals surface area (Å²) >= 11 is 0. The minimum absolute atomic E-state index is 0.109. The van der Waals surface area contributed by atoms with Crippen molar-refractivity contribution in [3.05, 3.63) is 35.9 Å². The van der Waals surface area contributed by atoms with E-state index in [1.54, 1.807) is 24.3 Å². The quantitative estimate of drug-likeness (QED) is 0.642. The summed E-state index contributed by atoms with van der Waals surface area (Å²) in [5.74, 6) is -0.563. The van der Waals surface area contributed by atoms with Crippen LogP contribution >= 0.6 is 0 Å². The molecule has 1 aromatic rings. The standard InChI is InChI=1S/C14H15NO3/c16-13(9-4-2-1-3-5-9)14(17)15-11-8-12-10(11)6-7-18-12/h1-5,10-12H,6-8H2,(H,15,17)/t10-,11-,12+/m1/s1. The van der Waals surface area contributed by atoms with Gasteiger partial charge in [-0.25, -0.2) is 0 Å². The third-order valence-electron chi connectivity index (χ3n) is 3.82. The molecule has 1 heterocycles. The minimum Gasteiger partial charge on any atom is -0.378 e. The first-order chi connectivity index (χ1) is 8.75. The Morgan fingerprint density at radius 3 is 2.72 bits per heavy atom. The summed E-state index contributed by atoms with van der Waals surface area (Å²) in [4.78, 5) is 23.7. The van der Waals surface area contributed by atoms with E-state index in [4.69, 9.17) is 4.74 Å². The van der Waals surface area contributed by atoms with Crippen molar-refractivity contribution in [2.24, 2.45) is 5.92 Å². The van der Waals surface area contributed by atoms with Crippen LogP contribution in [0.5, 0.6) is 0 Å². The van der Waals surface area contributed by atoms with Crippen LogP contribution in [0.25, 0.3) is 0 Å². The number of ketones is 1. The fourth-order valence-corrected chi connectivity index (χ4v) is 2.72. The molecule has 2 fully saturated rings. The van der Waals surface area contributed by atoms with Crippen LogP contribution in [0.3, 0.4) is 0 Å². The average Bonchev–Trinajstić information content (AvgIpc) is 2.77. The lowest BCUT2D eigenvalue weighted by Crippen LogP contribution is -2.54. The summed E-state index contributed by atoms with van der Waals surface area (Å²) in [6.45, 7) is 0.772. The highest BCUT2D eigenvalue weighted by atomic mass is 16.5. The molecular weight excluding hydrogens is 230 g/mol. The van der Waals surface area contributed by atoms with Gasteiger partial charge in [0.15, 0.2) is 0 Å². The molecule has 1 saturated heterocycles. The van der Waals surface area contributed by atoms with Crippen LogP contribution in [0.2, 0.25) is 0 Å². The van der Waals surface area contributed by atoms with E-state index in [0.29, 0.717) is 17.6 Å². The van der Waals surface area contributed by atoms with Gasteiger partial charge in [-0.1, -0.05) is 30.3 Å². The molecule has 0 unspecified atom stereocenters. The van der Waals surface area contributed by atoms with Gasteiger partial charge in [0.25, 0.3) is 5.91 Å². The van der Waals surface area contributed by atoms with E-state index in [1.165, 1.54) is 0 Å². The number of carbonyl (C=O) groups excluding carboxylic acids is 2. The van der Waals surface area contributed by atoms with Gasteiger partial charge in [-0.15, -0.1) is 0 Å². The number of Topliss-reactive ketones (excluding diaryl/α,β-unsaturated/α-hetero) is 1. The van der Waals surface area contributed by atoms with Gasteiger partial charge in [-0.3, -0.25) is 9.59 Å². The van der Waals surface area contributed by atoms with Crippen LogP contribution in [0.4, 0.5) is 0 Å². The van der Waals surface area contributed by atoms with Gasteiger partial charge in [-0.2, -0.15) is 0 Å². The van der Waals surface area contributed by atoms with E-state index >= 15 is 0 Å². The molecule has 2 aliphatic rings. The summed E-state index contributed by atoms with van der Waals surface area (Å²) in [7, 11) is 0. The molecule has 0 aromatic heterocycles. The molecule has 18 heavy (non-hydrogen) atoms. The summed E-state index contributed by atoms with van der Waals surface area (Å²) in [6.07, 6.45) is 2.11. The SMILES string of the molecule is O=C(N[C@@H]1C[C@@H]2OCC[C@@H]21)C(=O)c1ccccc1. The number of carbonyl (C=O) groups is 2. The van der Waals surface area contributed by atoms with Crippen LogP contribution in [-0.2, 0) is 9.53 Å². The molecule has 4 heteroatoms. The Bertz CT molecular complexity index is 471. The molecule has 0 bridgehead atoms. The molecule has 0 spiro atoms. The van der Waals surface area contributed by atoms with Gasteiger partial charge in [0, 0.05) is 24.1 Å². The van der Waals surface area contributed by atoms with Crippen molar-refractivity contribution in [1.29, 1.82) is 0 Å². The topological polar surface area (TPSA) is 55.4 Å². The Morgan fingerprint density at radius 1 is 1.22 bits per heavy atom. The first-order valence-electron chi connectivity index (χ1n) is 6.27.